The Balaban J connectivity index is 1.89. The summed E-state index contributed by atoms with van der Waals surface area (Å²) in [4.78, 5) is 2.64. The average molecular weight is 275 g/mol. The van der Waals surface area contributed by atoms with E-state index in [1.807, 2.05) is 24.3 Å². The zero-order chi connectivity index (χ0) is 13.8. The zero-order valence-corrected chi connectivity index (χ0v) is 12.5. The molecule has 0 amide bonds. The van der Waals surface area contributed by atoms with Crippen molar-refractivity contribution in [2.24, 2.45) is 0 Å². The van der Waals surface area contributed by atoms with Crippen molar-refractivity contribution in [3.63, 3.8) is 0 Å². The van der Waals surface area contributed by atoms with Crippen molar-refractivity contribution in [2.45, 2.75) is 32.9 Å². The maximum atomic E-state index is 10.2. The maximum Gasteiger partial charge on any atom is 0.0914 e. The number of nitrogens with one attached hydrogen (secondary N) is 1. The van der Waals surface area contributed by atoms with Crippen molar-refractivity contribution >= 4 is 11.3 Å². The van der Waals surface area contributed by atoms with E-state index in [4.69, 9.17) is 0 Å². The fourth-order valence-electron chi connectivity index (χ4n) is 1.98. The van der Waals surface area contributed by atoms with E-state index in [0.717, 1.165) is 5.56 Å². The fourth-order valence-corrected chi connectivity index (χ4v) is 2.89. The smallest absolute Gasteiger partial charge is 0.0914 e. The van der Waals surface area contributed by atoms with Gasteiger partial charge in [-0.2, -0.15) is 0 Å². The molecule has 1 heterocycles. The molecular weight excluding hydrogens is 254 g/mol. The number of thiophene rings is 1. The molecule has 2 atom stereocenters. The maximum absolute atomic E-state index is 10.2. The molecule has 2 unspecified atom stereocenters. The first-order chi connectivity index (χ1) is 9.06. The third-order valence-electron chi connectivity index (χ3n) is 3.27. The molecule has 3 heteroatoms. The lowest BCUT2D eigenvalue weighted by Crippen LogP contribution is -2.24. The van der Waals surface area contributed by atoms with Gasteiger partial charge in [-0.05, 0) is 38.5 Å². The molecule has 2 rings (SSSR count). The summed E-state index contributed by atoms with van der Waals surface area (Å²) in [6, 6.07) is 12.6. The van der Waals surface area contributed by atoms with Crippen LogP contribution in [0.15, 0.2) is 36.4 Å². The Morgan fingerprint density at radius 2 is 1.79 bits per heavy atom. The first-order valence-corrected chi connectivity index (χ1v) is 7.42. The Morgan fingerprint density at radius 3 is 2.37 bits per heavy atom. The first-order valence-electron chi connectivity index (χ1n) is 6.60. The lowest BCUT2D eigenvalue weighted by atomic mass is 10.1. The lowest BCUT2D eigenvalue weighted by molar-refractivity contribution is 0.171. The summed E-state index contributed by atoms with van der Waals surface area (Å²) in [5.41, 5.74) is 2.18. The molecule has 0 spiro atoms. The molecule has 0 radical (unpaired) electrons. The summed E-state index contributed by atoms with van der Waals surface area (Å²) >= 11 is 1.80. The van der Waals surface area contributed by atoms with Crippen LogP contribution in [0, 0.1) is 13.8 Å². The third-order valence-corrected chi connectivity index (χ3v) is 4.45. The van der Waals surface area contributed by atoms with Gasteiger partial charge in [0.25, 0.3) is 0 Å². The highest BCUT2D eigenvalue weighted by atomic mass is 32.1. The first kappa shape index (κ1) is 14.3. The third kappa shape index (κ3) is 3.90. The molecule has 0 saturated heterocycles. The van der Waals surface area contributed by atoms with Crippen molar-refractivity contribution in [2.75, 3.05) is 6.54 Å². The number of rotatable bonds is 5. The fraction of sp³-hybridized carbons (Fsp3) is 0.375. The molecule has 0 fully saturated rings. The topological polar surface area (TPSA) is 32.3 Å². The van der Waals surface area contributed by atoms with E-state index < -0.39 is 6.10 Å². The van der Waals surface area contributed by atoms with Crippen LogP contribution in [0.3, 0.4) is 0 Å². The molecule has 102 valence electrons. The van der Waals surface area contributed by atoms with E-state index >= 15 is 0 Å². The Bertz CT molecular complexity index is 518. The van der Waals surface area contributed by atoms with E-state index in [0.29, 0.717) is 6.54 Å². The number of hydrogen-bond donors (Lipinski definition) is 2. The number of aliphatic hydroxyl groups excluding tert-OH is 1. The summed E-state index contributed by atoms with van der Waals surface area (Å²) in [5.74, 6) is 0. The second kappa shape index (κ2) is 6.33. The van der Waals surface area contributed by atoms with E-state index in [2.05, 4.69) is 38.2 Å². The van der Waals surface area contributed by atoms with Crippen LogP contribution in [0.1, 0.15) is 40.0 Å². The molecule has 1 aromatic carbocycles. The Hall–Kier alpha value is -1.16. The highest BCUT2D eigenvalue weighted by molar-refractivity contribution is 7.12. The summed E-state index contributed by atoms with van der Waals surface area (Å²) in [5, 5.41) is 13.5. The van der Waals surface area contributed by atoms with Gasteiger partial charge in [0.1, 0.15) is 0 Å². The van der Waals surface area contributed by atoms with Crippen LogP contribution in [0.4, 0.5) is 0 Å². The second-order valence-electron chi connectivity index (χ2n) is 5.00. The van der Waals surface area contributed by atoms with Crippen LogP contribution < -0.4 is 5.32 Å². The van der Waals surface area contributed by atoms with Gasteiger partial charge in [0.05, 0.1) is 6.10 Å². The SMILES string of the molecule is Cc1ccc(C(O)CNC(C)c2ccc(C)s2)cc1. The molecule has 1 aromatic heterocycles. The van der Waals surface area contributed by atoms with E-state index in [-0.39, 0.29) is 6.04 Å². The average Bonchev–Trinajstić information content (AvgIpc) is 2.83. The molecule has 2 N–H and O–H groups in total. The lowest BCUT2D eigenvalue weighted by Gasteiger charge is -2.16. The van der Waals surface area contributed by atoms with Gasteiger partial charge in [-0.1, -0.05) is 29.8 Å². The normalized spacial score (nSPS) is 14.3. The number of aryl methyl sites for hydroxylation is 2. The zero-order valence-electron chi connectivity index (χ0n) is 11.7. The predicted molar refractivity (Wildman–Crippen MR) is 81.6 cm³/mol. The largest absolute Gasteiger partial charge is 0.387 e. The van der Waals surface area contributed by atoms with Crippen molar-refractivity contribution in [1.82, 2.24) is 5.32 Å². The molecule has 0 aliphatic rings. The summed E-state index contributed by atoms with van der Waals surface area (Å²) in [7, 11) is 0. The summed E-state index contributed by atoms with van der Waals surface area (Å²) in [6.45, 7) is 6.87. The van der Waals surface area contributed by atoms with Gasteiger partial charge < -0.3 is 10.4 Å². The number of aliphatic hydroxyl groups is 1. The standard InChI is InChI=1S/C16H21NOS/c1-11-4-7-14(8-5-11)15(18)10-17-13(3)16-9-6-12(2)19-16/h4-9,13,15,17-18H,10H2,1-3H3. The molecule has 2 aromatic rings. The number of hydrogen-bond acceptors (Lipinski definition) is 3. The van der Waals surface area contributed by atoms with Gasteiger partial charge >= 0.3 is 0 Å². The molecular formula is C16H21NOS. The van der Waals surface area contributed by atoms with Gasteiger partial charge in [0, 0.05) is 22.3 Å². The quantitative estimate of drug-likeness (QED) is 0.871. The van der Waals surface area contributed by atoms with Crippen LogP contribution in [-0.2, 0) is 0 Å². The monoisotopic (exact) mass is 275 g/mol. The van der Waals surface area contributed by atoms with Gasteiger partial charge in [-0.3, -0.25) is 0 Å². The highest BCUT2D eigenvalue weighted by Gasteiger charge is 2.11. The minimum absolute atomic E-state index is 0.277. The van der Waals surface area contributed by atoms with Crippen molar-refractivity contribution in [3.05, 3.63) is 57.3 Å². The Kier molecular flexibility index (Phi) is 4.75. The van der Waals surface area contributed by atoms with Crippen molar-refractivity contribution in [1.29, 1.82) is 0 Å². The van der Waals surface area contributed by atoms with Crippen LogP contribution in [-0.4, -0.2) is 11.7 Å². The Labute approximate surface area is 119 Å². The minimum atomic E-state index is -0.455. The molecule has 19 heavy (non-hydrogen) atoms. The van der Waals surface area contributed by atoms with Crippen molar-refractivity contribution in [3.8, 4) is 0 Å². The van der Waals surface area contributed by atoms with E-state index in [1.165, 1.54) is 15.3 Å². The highest BCUT2D eigenvalue weighted by Crippen LogP contribution is 2.23. The molecule has 0 aliphatic heterocycles. The minimum Gasteiger partial charge on any atom is -0.387 e. The number of benzene rings is 1. The van der Waals surface area contributed by atoms with E-state index in [9.17, 15) is 5.11 Å². The summed E-state index contributed by atoms with van der Waals surface area (Å²) < 4.78 is 0. The van der Waals surface area contributed by atoms with Crippen LogP contribution in [0.25, 0.3) is 0 Å². The van der Waals surface area contributed by atoms with Crippen LogP contribution in [0.2, 0.25) is 0 Å². The van der Waals surface area contributed by atoms with Gasteiger partial charge in [0.15, 0.2) is 0 Å². The Morgan fingerprint density at radius 1 is 1.11 bits per heavy atom. The van der Waals surface area contributed by atoms with Crippen molar-refractivity contribution < 1.29 is 5.11 Å². The summed E-state index contributed by atoms with van der Waals surface area (Å²) in [6.07, 6.45) is -0.455. The molecule has 2 nitrogen and oxygen atoms in total. The predicted octanol–water partition coefficient (Wildman–Crippen LogP) is 3.75. The molecule has 0 saturated carbocycles. The second-order valence-corrected chi connectivity index (χ2v) is 6.32. The molecule has 0 aliphatic carbocycles. The van der Waals surface area contributed by atoms with Gasteiger partial charge in [-0.15, -0.1) is 11.3 Å². The van der Waals surface area contributed by atoms with Crippen LogP contribution >= 0.6 is 11.3 Å². The van der Waals surface area contributed by atoms with Crippen LogP contribution in [0.5, 0.6) is 0 Å². The molecule has 0 bridgehead atoms. The van der Waals surface area contributed by atoms with Gasteiger partial charge in [0.2, 0.25) is 0 Å². The van der Waals surface area contributed by atoms with Gasteiger partial charge in [-0.25, -0.2) is 0 Å². The van der Waals surface area contributed by atoms with E-state index in [1.54, 1.807) is 11.3 Å².